The van der Waals surface area contributed by atoms with Crippen molar-refractivity contribution in [3.8, 4) is 34.0 Å². The molecule has 1 radical (unpaired) electrons. The monoisotopic (exact) mass is 729 g/mol. The number of aryl methyl sites for hydroxylation is 4. The Bertz CT molecular complexity index is 1530. The average molecular weight is 728 g/mol. The van der Waals surface area contributed by atoms with Gasteiger partial charge < -0.3 is 10.7 Å². The molecule has 0 bridgehead atoms. The van der Waals surface area contributed by atoms with E-state index in [1.54, 1.807) is 12.3 Å². The number of aromatic nitrogens is 5. The second kappa shape index (κ2) is 16.0. The first-order valence-corrected chi connectivity index (χ1v) is 13.3. The Hall–Kier alpha value is -4.59. The molecule has 5 aromatic heterocycles. The Morgan fingerprint density at radius 1 is 0.476 bits per heavy atom. The molecule has 0 atom stereocenters. The van der Waals surface area contributed by atoms with Crippen molar-refractivity contribution in [1.82, 2.24) is 24.9 Å². The average Bonchev–Trinajstić information content (AvgIpc) is 2.98. The molecule has 0 aliphatic rings. The molecular formula is C35H33N6Os. The van der Waals surface area contributed by atoms with Gasteiger partial charge in [0.05, 0.1) is 22.8 Å². The van der Waals surface area contributed by atoms with Gasteiger partial charge in [-0.1, -0.05) is 17.8 Å². The van der Waals surface area contributed by atoms with E-state index >= 15 is 0 Å². The first kappa shape index (κ1) is 31.9. The SMILES string of the molecule is Cc1ccnc(-c2cc(C)ccn2)c1.Cc1ccnc(-c2cc(C)ccn2)c1.Nc1cc[c-]c(-c2ccccn2)c1.[Os+]. The normalized spacial score (nSPS) is 9.81. The van der Waals surface area contributed by atoms with Gasteiger partial charge in [-0.3, -0.25) is 19.9 Å². The summed E-state index contributed by atoms with van der Waals surface area (Å²) in [6, 6.07) is 30.4. The number of hydrogen-bond acceptors (Lipinski definition) is 6. The summed E-state index contributed by atoms with van der Waals surface area (Å²) in [5, 5.41) is 0. The molecule has 0 spiro atoms. The van der Waals surface area contributed by atoms with Crippen LogP contribution in [0.1, 0.15) is 22.3 Å². The number of anilines is 1. The zero-order valence-corrected chi connectivity index (χ0v) is 26.7. The molecule has 0 saturated carbocycles. The maximum absolute atomic E-state index is 5.65. The maximum atomic E-state index is 5.65. The molecule has 0 fully saturated rings. The molecule has 7 heteroatoms. The number of benzene rings is 1. The summed E-state index contributed by atoms with van der Waals surface area (Å²) in [7, 11) is 0. The van der Waals surface area contributed by atoms with Crippen LogP contribution in [0.15, 0.2) is 116 Å². The van der Waals surface area contributed by atoms with Crippen LogP contribution in [0.3, 0.4) is 0 Å². The third kappa shape index (κ3) is 9.80. The van der Waals surface area contributed by atoms with E-state index in [4.69, 9.17) is 5.73 Å². The molecule has 0 aliphatic heterocycles. The molecule has 6 rings (SSSR count). The fraction of sp³-hybridized carbons (Fsp3) is 0.114. The van der Waals surface area contributed by atoms with Crippen LogP contribution >= 0.6 is 0 Å². The summed E-state index contributed by atoms with van der Waals surface area (Å²) in [5.74, 6) is 0. The number of nitrogens with zero attached hydrogens (tertiary/aromatic N) is 5. The number of nitrogens with two attached hydrogens (primary N) is 1. The van der Waals surface area contributed by atoms with Crippen molar-refractivity contribution in [2.24, 2.45) is 0 Å². The zero-order valence-electron chi connectivity index (χ0n) is 24.1. The Morgan fingerprint density at radius 2 is 0.881 bits per heavy atom. The first-order chi connectivity index (χ1) is 19.9. The van der Waals surface area contributed by atoms with E-state index in [1.165, 1.54) is 22.3 Å². The topological polar surface area (TPSA) is 90.5 Å². The summed E-state index contributed by atoms with van der Waals surface area (Å²) in [5.41, 5.74) is 16.8. The predicted molar refractivity (Wildman–Crippen MR) is 167 cm³/mol. The summed E-state index contributed by atoms with van der Waals surface area (Å²) < 4.78 is 0. The summed E-state index contributed by atoms with van der Waals surface area (Å²) >= 11 is 0. The van der Waals surface area contributed by atoms with E-state index in [1.807, 2.05) is 104 Å². The molecule has 0 aliphatic carbocycles. The van der Waals surface area contributed by atoms with Crippen LogP contribution in [0, 0.1) is 33.8 Å². The summed E-state index contributed by atoms with van der Waals surface area (Å²) in [4.78, 5) is 21.4. The molecule has 6 nitrogen and oxygen atoms in total. The van der Waals surface area contributed by atoms with Gasteiger partial charge >= 0.3 is 19.8 Å². The third-order valence-corrected chi connectivity index (χ3v) is 5.95. The molecule has 2 N–H and O–H groups in total. The molecule has 0 amide bonds. The van der Waals surface area contributed by atoms with Crippen molar-refractivity contribution < 1.29 is 19.8 Å². The smallest absolute Gasteiger partial charge is 0.414 e. The van der Waals surface area contributed by atoms with Crippen molar-refractivity contribution in [3.63, 3.8) is 0 Å². The summed E-state index contributed by atoms with van der Waals surface area (Å²) in [6.45, 7) is 8.23. The second-order valence-electron chi connectivity index (χ2n) is 9.62. The van der Waals surface area contributed by atoms with Gasteiger partial charge in [-0.25, -0.2) is 0 Å². The fourth-order valence-electron chi connectivity index (χ4n) is 3.86. The van der Waals surface area contributed by atoms with E-state index in [0.717, 1.165) is 39.7 Å². The van der Waals surface area contributed by atoms with Crippen molar-refractivity contribution in [1.29, 1.82) is 0 Å². The van der Waals surface area contributed by atoms with Gasteiger partial charge in [-0.05, 0) is 110 Å². The van der Waals surface area contributed by atoms with Gasteiger partial charge in [0.25, 0.3) is 0 Å². The number of rotatable bonds is 3. The van der Waals surface area contributed by atoms with Gasteiger partial charge in [0, 0.05) is 31.0 Å². The van der Waals surface area contributed by atoms with Gasteiger partial charge in [0.15, 0.2) is 0 Å². The molecule has 6 aromatic rings. The van der Waals surface area contributed by atoms with Crippen molar-refractivity contribution in [3.05, 3.63) is 144 Å². The van der Waals surface area contributed by atoms with E-state index in [-0.39, 0.29) is 19.8 Å². The van der Waals surface area contributed by atoms with Crippen LogP contribution in [0.2, 0.25) is 0 Å². The van der Waals surface area contributed by atoms with Gasteiger partial charge in [-0.15, -0.1) is 29.8 Å². The van der Waals surface area contributed by atoms with E-state index in [0.29, 0.717) is 0 Å². The van der Waals surface area contributed by atoms with Crippen molar-refractivity contribution in [2.75, 3.05) is 5.73 Å². The Labute approximate surface area is 261 Å². The minimum absolute atomic E-state index is 0. The van der Waals surface area contributed by atoms with E-state index in [2.05, 4.69) is 58.7 Å². The standard InChI is InChI=1S/2C12H12N2.C11H9N2.Os/c2*1-9-3-5-13-11(7-9)12-8-10(2)4-6-14-12;12-10-5-3-4-9(8-10)11-6-1-2-7-13-11;/h2*3-8H,1-2H3;1-3,5-8H,12H2;/q;;-1;+1. The van der Waals surface area contributed by atoms with Crippen LogP contribution in [0.4, 0.5) is 5.69 Å². The first-order valence-electron chi connectivity index (χ1n) is 13.3. The maximum Gasteiger partial charge on any atom is 1.00 e. The van der Waals surface area contributed by atoms with Crippen molar-refractivity contribution in [2.45, 2.75) is 27.7 Å². The Balaban J connectivity index is 0.000000171. The predicted octanol–water partition coefficient (Wildman–Crippen LogP) is 7.65. The minimum atomic E-state index is 0. The number of nitrogen functional groups attached to an aromatic ring is 1. The summed E-state index contributed by atoms with van der Waals surface area (Å²) in [6.07, 6.45) is 9.01. The van der Waals surface area contributed by atoms with Gasteiger partial charge in [0.1, 0.15) is 0 Å². The van der Waals surface area contributed by atoms with Crippen LogP contribution in [0.5, 0.6) is 0 Å². The van der Waals surface area contributed by atoms with Crippen LogP contribution < -0.4 is 5.73 Å². The Kier molecular flexibility index (Phi) is 12.2. The molecule has 0 unspecified atom stereocenters. The quantitative estimate of drug-likeness (QED) is 0.149. The van der Waals surface area contributed by atoms with Gasteiger partial charge in [-0.2, -0.15) is 0 Å². The van der Waals surface area contributed by atoms with Crippen LogP contribution in [0.25, 0.3) is 34.0 Å². The Morgan fingerprint density at radius 3 is 1.21 bits per heavy atom. The molecule has 42 heavy (non-hydrogen) atoms. The second-order valence-corrected chi connectivity index (χ2v) is 9.62. The fourth-order valence-corrected chi connectivity index (χ4v) is 3.86. The molecular weight excluding hydrogens is 695 g/mol. The van der Waals surface area contributed by atoms with E-state index < -0.39 is 0 Å². The van der Waals surface area contributed by atoms with Crippen LogP contribution in [-0.2, 0) is 19.8 Å². The minimum Gasteiger partial charge on any atom is -0.414 e. The largest absolute Gasteiger partial charge is 1.00 e. The molecule has 1 aromatic carbocycles. The third-order valence-electron chi connectivity index (χ3n) is 5.95. The zero-order chi connectivity index (χ0) is 29.0. The molecule has 5 heterocycles. The van der Waals surface area contributed by atoms with Gasteiger partial charge in [0.2, 0.25) is 0 Å². The number of pyridine rings is 5. The molecule has 211 valence electrons. The van der Waals surface area contributed by atoms with Crippen LogP contribution in [-0.4, -0.2) is 24.9 Å². The molecule has 0 saturated heterocycles. The van der Waals surface area contributed by atoms with E-state index in [9.17, 15) is 0 Å². The number of hydrogen-bond donors (Lipinski definition) is 1. The van der Waals surface area contributed by atoms with Crippen molar-refractivity contribution >= 4 is 5.69 Å².